The molecule has 232 valence electrons. The van der Waals surface area contributed by atoms with E-state index in [2.05, 4.69) is 22.5 Å². The molecule has 3 N–H and O–H groups in total. The Morgan fingerprint density at radius 1 is 0.976 bits per heavy atom. The van der Waals surface area contributed by atoms with Crippen molar-refractivity contribution in [3.63, 3.8) is 0 Å². The molecule has 8 heteroatoms. The summed E-state index contributed by atoms with van der Waals surface area (Å²) >= 11 is 0. The van der Waals surface area contributed by atoms with Crippen LogP contribution in [0.1, 0.15) is 71.9 Å². The molecular weight excluding hydrogens is 536 g/mol. The van der Waals surface area contributed by atoms with Crippen LogP contribution in [0.25, 0.3) is 0 Å². The van der Waals surface area contributed by atoms with E-state index in [1.54, 1.807) is 18.2 Å². The van der Waals surface area contributed by atoms with Crippen molar-refractivity contribution in [2.24, 2.45) is 17.8 Å². The molecule has 2 aromatic carbocycles. The zero-order chi connectivity index (χ0) is 31.2. The van der Waals surface area contributed by atoms with Gasteiger partial charge >= 0.3 is 0 Å². The minimum absolute atomic E-state index is 0.0404. The number of rotatable bonds is 18. The lowest BCUT2D eigenvalue weighted by Crippen LogP contribution is -2.54. The van der Waals surface area contributed by atoms with Crippen molar-refractivity contribution < 1.29 is 23.1 Å². The Morgan fingerprint density at radius 3 is 2.33 bits per heavy atom. The van der Waals surface area contributed by atoms with E-state index in [0.29, 0.717) is 68.2 Å². The molecule has 0 saturated heterocycles. The summed E-state index contributed by atoms with van der Waals surface area (Å²) in [5.74, 6) is -0.415. The Labute approximate surface area is 250 Å². The van der Waals surface area contributed by atoms with Gasteiger partial charge < -0.3 is 20.7 Å². The first-order valence-corrected chi connectivity index (χ1v) is 15.1. The molecule has 0 bridgehead atoms. The van der Waals surface area contributed by atoms with Gasteiger partial charge in [-0.15, -0.1) is 0 Å². The fourth-order valence-electron chi connectivity index (χ4n) is 4.61. The largest absolute Gasteiger partial charge is 0.493 e. The third kappa shape index (κ3) is 11.5. The summed E-state index contributed by atoms with van der Waals surface area (Å²) in [5.41, 5.74) is 2.03. The van der Waals surface area contributed by atoms with E-state index in [4.69, 9.17) is 4.74 Å². The van der Waals surface area contributed by atoms with E-state index < -0.39 is 12.1 Å². The van der Waals surface area contributed by atoms with Crippen LogP contribution in [0.3, 0.4) is 0 Å². The van der Waals surface area contributed by atoms with E-state index >= 15 is 0 Å². The molecule has 6 nitrogen and oxygen atoms in total. The molecule has 2 aromatic rings. The summed E-state index contributed by atoms with van der Waals surface area (Å²) in [4.78, 5) is 26.4. The van der Waals surface area contributed by atoms with Gasteiger partial charge in [0.25, 0.3) is 0 Å². The maximum atomic E-state index is 14.5. The van der Waals surface area contributed by atoms with Gasteiger partial charge in [-0.05, 0) is 73.3 Å². The first-order chi connectivity index (χ1) is 19.9. The highest BCUT2D eigenvalue weighted by Crippen LogP contribution is 2.23. The molecular formula is C34H49F2N3O3. The minimum Gasteiger partial charge on any atom is -0.493 e. The SMILES string of the molecule is C=C(N[C@@H](C(=O)N[C@@H](CCC)C(=O)NCCCc1c(F)cccc1OCC(C)C)C(C)C)[C@H](C)Cc1cccc(F)c1. The van der Waals surface area contributed by atoms with Crippen molar-refractivity contribution in [3.8, 4) is 5.75 Å². The second-order valence-electron chi connectivity index (χ2n) is 11.8. The zero-order valence-corrected chi connectivity index (χ0v) is 26.1. The molecule has 3 atom stereocenters. The van der Waals surface area contributed by atoms with E-state index in [9.17, 15) is 18.4 Å². The van der Waals surface area contributed by atoms with Crippen LogP contribution in [-0.2, 0) is 22.4 Å². The van der Waals surface area contributed by atoms with E-state index in [-0.39, 0.29) is 35.3 Å². The third-order valence-electron chi connectivity index (χ3n) is 7.08. The number of carbonyl (C=O) groups excluding carboxylic acids is 2. The van der Waals surface area contributed by atoms with Gasteiger partial charge in [0, 0.05) is 17.8 Å². The minimum atomic E-state index is -0.693. The van der Waals surface area contributed by atoms with Crippen molar-refractivity contribution >= 4 is 11.8 Å². The highest BCUT2D eigenvalue weighted by Gasteiger charge is 2.28. The predicted octanol–water partition coefficient (Wildman–Crippen LogP) is 6.34. The third-order valence-corrected chi connectivity index (χ3v) is 7.08. The molecule has 0 heterocycles. The predicted molar refractivity (Wildman–Crippen MR) is 165 cm³/mol. The summed E-state index contributed by atoms with van der Waals surface area (Å²) in [5, 5.41) is 9.08. The van der Waals surface area contributed by atoms with E-state index in [1.165, 1.54) is 18.2 Å². The lowest BCUT2D eigenvalue weighted by molar-refractivity contribution is -0.130. The number of allylic oxidation sites excluding steroid dienone is 1. The summed E-state index contributed by atoms with van der Waals surface area (Å²) in [7, 11) is 0. The number of carbonyl (C=O) groups is 2. The van der Waals surface area contributed by atoms with Crippen LogP contribution in [0.2, 0.25) is 0 Å². The lowest BCUT2D eigenvalue weighted by atomic mass is 9.96. The molecule has 0 aromatic heterocycles. The van der Waals surface area contributed by atoms with Crippen LogP contribution >= 0.6 is 0 Å². The van der Waals surface area contributed by atoms with Gasteiger partial charge in [0.1, 0.15) is 29.5 Å². The van der Waals surface area contributed by atoms with Crippen molar-refractivity contribution in [3.05, 3.63) is 77.5 Å². The molecule has 0 saturated carbocycles. The van der Waals surface area contributed by atoms with Crippen LogP contribution in [0.4, 0.5) is 8.78 Å². The van der Waals surface area contributed by atoms with Gasteiger partial charge in [-0.2, -0.15) is 0 Å². The van der Waals surface area contributed by atoms with E-state index in [1.807, 2.05) is 47.6 Å². The summed E-state index contributed by atoms with van der Waals surface area (Å²) < 4.78 is 33.9. The number of nitrogens with one attached hydrogen (secondary N) is 3. The highest BCUT2D eigenvalue weighted by molar-refractivity contribution is 5.90. The number of ether oxygens (including phenoxy) is 1. The molecule has 2 rings (SSSR count). The van der Waals surface area contributed by atoms with Crippen LogP contribution < -0.4 is 20.7 Å². The van der Waals surface area contributed by atoms with Crippen molar-refractivity contribution in [1.29, 1.82) is 0 Å². The summed E-state index contributed by atoms with van der Waals surface area (Å²) in [6.07, 6.45) is 2.72. The van der Waals surface area contributed by atoms with Gasteiger partial charge in [0.15, 0.2) is 0 Å². The normalized spacial score (nSPS) is 13.4. The van der Waals surface area contributed by atoms with Crippen LogP contribution in [-0.4, -0.2) is 37.0 Å². The number of hydrogen-bond donors (Lipinski definition) is 3. The second-order valence-corrected chi connectivity index (χ2v) is 11.8. The van der Waals surface area contributed by atoms with Crippen molar-refractivity contribution in [1.82, 2.24) is 16.0 Å². The standard InChI is InChI=1S/C34H49F2N3O3/c1-8-12-30(33(40)37-18-11-15-28-29(36)16-10-17-31(28)42-21-22(2)3)39-34(41)32(23(4)5)38-25(7)24(6)19-26-13-9-14-27(35)20-26/h9-10,13-14,16-17,20,22-24,30,32,38H,7-8,11-12,15,18-19,21H2,1-6H3,(H,37,40)(H,39,41)/t24-,30+,32-/m1/s1. The Hall–Kier alpha value is -3.42. The van der Waals surface area contributed by atoms with Gasteiger partial charge in [0.2, 0.25) is 11.8 Å². The first-order valence-electron chi connectivity index (χ1n) is 15.1. The fourth-order valence-corrected chi connectivity index (χ4v) is 4.61. The second kappa shape index (κ2) is 17.5. The van der Waals surface area contributed by atoms with Crippen LogP contribution in [0.5, 0.6) is 5.75 Å². The Kier molecular flexibility index (Phi) is 14.5. The molecule has 42 heavy (non-hydrogen) atoms. The Balaban J connectivity index is 1.94. The number of benzene rings is 2. The van der Waals surface area contributed by atoms with Gasteiger partial charge in [-0.3, -0.25) is 9.59 Å². The molecule has 0 unspecified atom stereocenters. The molecule has 0 aliphatic rings. The average Bonchev–Trinajstić information content (AvgIpc) is 2.92. The summed E-state index contributed by atoms with van der Waals surface area (Å²) in [6.45, 7) is 16.8. The molecule has 0 radical (unpaired) electrons. The first kappa shape index (κ1) is 34.8. The molecule has 2 amide bonds. The lowest BCUT2D eigenvalue weighted by Gasteiger charge is -2.28. The molecule has 0 aliphatic heterocycles. The van der Waals surface area contributed by atoms with Gasteiger partial charge in [-0.1, -0.05) is 72.7 Å². The number of hydrogen-bond acceptors (Lipinski definition) is 4. The maximum Gasteiger partial charge on any atom is 0.243 e. The summed E-state index contributed by atoms with van der Waals surface area (Å²) in [6, 6.07) is 9.98. The average molecular weight is 586 g/mol. The number of amides is 2. The quantitative estimate of drug-likeness (QED) is 0.178. The van der Waals surface area contributed by atoms with E-state index in [0.717, 1.165) is 5.56 Å². The monoisotopic (exact) mass is 585 g/mol. The maximum absolute atomic E-state index is 14.5. The van der Waals surface area contributed by atoms with Crippen LogP contribution in [0.15, 0.2) is 54.7 Å². The van der Waals surface area contributed by atoms with Crippen molar-refractivity contribution in [2.75, 3.05) is 13.2 Å². The topological polar surface area (TPSA) is 79.5 Å². The fraction of sp³-hybridized carbons (Fsp3) is 0.529. The van der Waals surface area contributed by atoms with Crippen LogP contribution in [0, 0.1) is 29.4 Å². The number of halogens is 2. The Morgan fingerprint density at radius 2 is 1.69 bits per heavy atom. The molecule has 0 aliphatic carbocycles. The van der Waals surface area contributed by atoms with Crippen molar-refractivity contribution in [2.45, 2.75) is 85.7 Å². The Bertz CT molecular complexity index is 1170. The zero-order valence-electron chi connectivity index (χ0n) is 26.1. The van der Waals surface area contributed by atoms with Gasteiger partial charge in [0.05, 0.1) is 6.61 Å². The smallest absolute Gasteiger partial charge is 0.243 e. The highest BCUT2D eigenvalue weighted by atomic mass is 19.1. The van der Waals surface area contributed by atoms with Gasteiger partial charge in [-0.25, -0.2) is 8.78 Å². The molecule has 0 spiro atoms. The molecule has 0 fully saturated rings.